The molecule has 2 aromatic carbocycles. The Morgan fingerprint density at radius 2 is 1.95 bits per heavy atom. The number of hydrogen-bond donors (Lipinski definition) is 1. The zero-order valence-corrected chi connectivity index (χ0v) is 12.7. The number of hydrogen-bond acceptors (Lipinski definition) is 1. The fraction of sp³-hybridized carbons (Fsp3) is 0.300. The minimum absolute atomic E-state index is 0.171. The maximum atomic E-state index is 13.2. The van der Waals surface area contributed by atoms with E-state index in [-0.39, 0.29) is 11.9 Å². The van der Waals surface area contributed by atoms with Crippen LogP contribution in [0.5, 0.6) is 0 Å². The monoisotopic (exact) mass is 293 g/mol. The average Bonchev–Trinajstić information content (AvgIpc) is 3.04. The summed E-state index contributed by atoms with van der Waals surface area (Å²) in [5, 5.41) is 3.76. The third-order valence-electron chi connectivity index (χ3n) is 5.09. The largest absolute Gasteiger partial charge is 0.377 e. The fourth-order valence-electron chi connectivity index (χ4n) is 3.98. The molecule has 0 radical (unpaired) electrons. The van der Waals surface area contributed by atoms with Gasteiger partial charge in [-0.15, -0.1) is 0 Å². The number of anilines is 1. The highest BCUT2D eigenvalue weighted by atomic mass is 19.1. The molecule has 2 heteroatoms. The highest BCUT2D eigenvalue weighted by Gasteiger charge is 2.38. The number of halogens is 1. The van der Waals surface area contributed by atoms with E-state index in [4.69, 9.17) is 0 Å². The molecule has 0 saturated carbocycles. The average molecular weight is 293 g/mol. The van der Waals surface area contributed by atoms with Gasteiger partial charge in [-0.3, -0.25) is 0 Å². The Balaban J connectivity index is 1.81. The molecule has 22 heavy (non-hydrogen) atoms. The summed E-state index contributed by atoms with van der Waals surface area (Å²) in [6.07, 6.45) is 6.74. The van der Waals surface area contributed by atoms with Gasteiger partial charge in [0.1, 0.15) is 5.82 Å². The van der Waals surface area contributed by atoms with E-state index in [0.29, 0.717) is 11.8 Å². The van der Waals surface area contributed by atoms with Crippen LogP contribution in [0.2, 0.25) is 0 Å². The predicted octanol–water partition coefficient (Wildman–Crippen LogP) is 5.21. The normalized spacial score (nSPS) is 25.5. The van der Waals surface area contributed by atoms with Crippen LogP contribution >= 0.6 is 0 Å². The topological polar surface area (TPSA) is 12.0 Å². The van der Waals surface area contributed by atoms with Crippen molar-refractivity contribution in [2.24, 2.45) is 5.92 Å². The van der Waals surface area contributed by atoms with E-state index < -0.39 is 0 Å². The van der Waals surface area contributed by atoms with Gasteiger partial charge < -0.3 is 5.32 Å². The van der Waals surface area contributed by atoms with Crippen molar-refractivity contribution in [2.45, 2.75) is 31.7 Å². The fourth-order valence-corrected chi connectivity index (χ4v) is 3.98. The molecule has 0 aromatic heterocycles. The quantitative estimate of drug-likeness (QED) is 0.749. The van der Waals surface area contributed by atoms with E-state index >= 15 is 0 Å². The number of aryl methyl sites for hydroxylation is 1. The van der Waals surface area contributed by atoms with Crippen molar-refractivity contribution in [2.75, 3.05) is 5.32 Å². The van der Waals surface area contributed by atoms with E-state index in [1.54, 1.807) is 12.1 Å². The lowest BCUT2D eigenvalue weighted by Gasteiger charge is -2.38. The zero-order chi connectivity index (χ0) is 15.1. The smallest absolute Gasteiger partial charge is 0.123 e. The molecule has 1 aliphatic heterocycles. The Hall–Kier alpha value is -2.09. The Labute approximate surface area is 130 Å². The van der Waals surface area contributed by atoms with Crippen molar-refractivity contribution in [1.29, 1.82) is 0 Å². The Morgan fingerprint density at radius 3 is 2.73 bits per heavy atom. The van der Waals surface area contributed by atoms with E-state index in [0.717, 1.165) is 12.8 Å². The molecule has 1 aliphatic carbocycles. The van der Waals surface area contributed by atoms with Crippen LogP contribution in [-0.4, -0.2) is 0 Å². The van der Waals surface area contributed by atoms with Crippen molar-refractivity contribution < 1.29 is 4.39 Å². The second-order valence-corrected chi connectivity index (χ2v) is 6.26. The first-order valence-corrected chi connectivity index (χ1v) is 8.08. The minimum Gasteiger partial charge on any atom is -0.377 e. The molecule has 0 fully saturated rings. The molecule has 1 nitrogen and oxygen atoms in total. The zero-order valence-electron chi connectivity index (χ0n) is 12.7. The number of benzene rings is 2. The number of nitrogens with one attached hydrogen (secondary N) is 1. The van der Waals surface area contributed by atoms with Crippen LogP contribution < -0.4 is 5.32 Å². The van der Waals surface area contributed by atoms with E-state index in [1.165, 1.54) is 22.4 Å². The summed E-state index contributed by atoms with van der Waals surface area (Å²) in [6.45, 7) is 2.20. The first-order valence-electron chi connectivity index (χ1n) is 8.08. The highest BCUT2D eigenvalue weighted by Crippen LogP contribution is 2.50. The molecule has 2 aromatic rings. The molecule has 1 N–H and O–H groups in total. The van der Waals surface area contributed by atoms with Crippen LogP contribution in [0.25, 0.3) is 0 Å². The molecule has 0 amide bonds. The molecule has 112 valence electrons. The van der Waals surface area contributed by atoms with E-state index in [1.807, 2.05) is 12.1 Å². The molecule has 2 aliphatic rings. The summed E-state index contributed by atoms with van der Waals surface area (Å²) >= 11 is 0. The number of para-hydroxylation sites is 1. The molecule has 1 heterocycles. The van der Waals surface area contributed by atoms with Gasteiger partial charge in [-0.05, 0) is 47.6 Å². The summed E-state index contributed by atoms with van der Waals surface area (Å²) in [5.74, 6) is 0.818. The van der Waals surface area contributed by atoms with Gasteiger partial charge in [-0.25, -0.2) is 4.39 Å². The second-order valence-electron chi connectivity index (χ2n) is 6.26. The van der Waals surface area contributed by atoms with E-state index in [9.17, 15) is 4.39 Å². The van der Waals surface area contributed by atoms with Gasteiger partial charge in [0.15, 0.2) is 0 Å². The van der Waals surface area contributed by atoms with Gasteiger partial charge in [-0.1, -0.05) is 49.4 Å². The van der Waals surface area contributed by atoms with Crippen LogP contribution in [0.4, 0.5) is 10.1 Å². The maximum Gasteiger partial charge on any atom is 0.123 e. The standard InChI is InChI=1S/C20H20FN/c1-2-13-5-3-7-17-16-6-4-8-18(16)20(22-19(13)17)14-9-11-15(21)12-10-14/h3-7,9-12,16,18,20,22H,2,8H2,1H3/t16-,18-,20+/m0/s1. The third-order valence-corrected chi connectivity index (χ3v) is 5.09. The molecular weight excluding hydrogens is 273 g/mol. The summed E-state index contributed by atoms with van der Waals surface area (Å²) in [6, 6.07) is 13.8. The Bertz CT molecular complexity index is 717. The van der Waals surface area contributed by atoms with Crippen molar-refractivity contribution in [3.8, 4) is 0 Å². The Kier molecular flexibility index (Phi) is 3.25. The maximum absolute atomic E-state index is 13.2. The Morgan fingerprint density at radius 1 is 1.14 bits per heavy atom. The van der Waals surface area contributed by atoms with Gasteiger partial charge in [0.25, 0.3) is 0 Å². The lowest BCUT2D eigenvalue weighted by atomic mass is 9.76. The molecule has 0 saturated heterocycles. The van der Waals surface area contributed by atoms with Gasteiger partial charge in [0.2, 0.25) is 0 Å². The summed E-state index contributed by atoms with van der Waals surface area (Å²) in [5.41, 5.74) is 5.24. The summed E-state index contributed by atoms with van der Waals surface area (Å²) in [7, 11) is 0. The first-order chi connectivity index (χ1) is 10.8. The molecule has 0 unspecified atom stereocenters. The molecule has 4 rings (SSSR count). The van der Waals surface area contributed by atoms with Crippen molar-refractivity contribution in [1.82, 2.24) is 0 Å². The van der Waals surface area contributed by atoms with E-state index in [2.05, 4.69) is 42.6 Å². The van der Waals surface area contributed by atoms with Crippen molar-refractivity contribution >= 4 is 5.69 Å². The summed E-state index contributed by atoms with van der Waals surface area (Å²) < 4.78 is 13.2. The molecule has 0 bridgehead atoms. The lowest BCUT2D eigenvalue weighted by Crippen LogP contribution is -2.29. The van der Waals surface area contributed by atoms with Gasteiger partial charge >= 0.3 is 0 Å². The number of allylic oxidation sites excluding steroid dienone is 2. The van der Waals surface area contributed by atoms with Gasteiger partial charge in [0, 0.05) is 11.6 Å². The predicted molar refractivity (Wildman–Crippen MR) is 88.6 cm³/mol. The molecule has 3 atom stereocenters. The first kappa shape index (κ1) is 13.6. The minimum atomic E-state index is -0.171. The van der Waals surface area contributed by atoms with Crippen LogP contribution in [-0.2, 0) is 6.42 Å². The van der Waals surface area contributed by atoms with Gasteiger partial charge in [0.05, 0.1) is 6.04 Å². The second kappa shape index (κ2) is 5.28. The van der Waals surface area contributed by atoms with Crippen LogP contribution in [0, 0.1) is 11.7 Å². The molecular formula is C20H20FN. The van der Waals surface area contributed by atoms with Crippen molar-refractivity contribution in [3.63, 3.8) is 0 Å². The van der Waals surface area contributed by atoms with Crippen LogP contribution in [0.3, 0.4) is 0 Å². The van der Waals surface area contributed by atoms with Gasteiger partial charge in [-0.2, -0.15) is 0 Å². The lowest BCUT2D eigenvalue weighted by molar-refractivity contribution is 0.424. The third kappa shape index (κ3) is 2.06. The molecule has 0 spiro atoms. The SMILES string of the molecule is CCc1cccc2c1N[C@H](c1ccc(F)cc1)[C@H]1CC=C[C@@H]21. The summed E-state index contributed by atoms with van der Waals surface area (Å²) in [4.78, 5) is 0. The number of fused-ring (bicyclic) bond motifs is 3. The number of rotatable bonds is 2. The van der Waals surface area contributed by atoms with Crippen LogP contribution in [0.15, 0.2) is 54.6 Å². The van der Waals surface area contributed by atoms with Crippen molar-refractivity contribution in [3.05, 3.63) is 77.1 Å². The van der Waals surface area contributed by atoms with Crippen LogP contribution in [0.1, 0.15) is 42.0 Å². The highest BCUT2D eigenvalue weighted by molar-refractivity contribution is 5.64.